The van der Waals surface area contributed by atoms with Gasteiger partial charge < -0.3 is 4.90 Å². The molecule has 12 aromatic carbocycles. The SMILES string of the molecule is c1ccc(C2(c3ccccc3)c3ccccc3-c3ccc(N(c4cccc5c4-c4ccccc4C5(c4ccccc4)c4ccccc4)c4cccc5c4C4(c6ccccc6-c6ccccc64)c4ccccc4-5)cc32)cc1. The van der Waals surface area contributed by atoms with Crippen LogP contribution in [0.1, 0.15) is 66.8 Å². The number of hydrogen-bond acceptors (Lipinski definition) is 1. The quantitative estimate of drug-likeness (QED) is 0.154. The second-order valence-electron chi connectivity index (χ2n) is 20.9. The Labute approximate surface area is 444 Å². The van der Waals surface area contributed by atoms with Crippen molar-refractivity contribution in [2.45, 2.75) is 16.2 Å². The van der Waals surface area contributed by atoms with Crippen molar-refractivity contribution in [1.29, 1.82) is 0 Å². The highest BCUT2D eigenvalue weighted by Crippen LogP contribution is 2.67. The van der Waals surface area contributed by atoms with Gasteiger partial charge in [0, 0.05) is 16.8 Å². The van der Waals surface area contributed by atoms with Crippen molar-refractivity contribution in [2.24, 2.45) is 0 Å². The smallest absolute Gasteiger partial charge is 0.0746 e. The molecule has 1 nitrogen and oxygen atoms in total. The lowest BCUT2D eigenvalue weighted by Crippen LogP contribution is -2.30. The fraction of sp³-hybridized carbons (Fsp3) is 0.0400. The van der Waals surface area contributed by atoms with E-state index in [9.17, 15) is 0 Å². The van der Waals surface area contributed by atoms with Crippen molar-refractivity contribution in [3.63, 3.8) is 0 Å². The largest absolute Gasteiger partial charge is 0.309 e. The molecular formula is C75H49N. The number of fused-ring (bicyclic) bond motifs is 16. The van der Waals surface area contributed by atoms with E-state index in [4.69, 9.17) is 0 Å². The van der Waals surface area contributed by atoms with E-state index in [0.29, 0.717) is 0 Å². The van der Waals surface area contributed by atoms with E-state index in [1.54, 1.807) is 0 Å². The molecule has 0 N–H and O–H groups in total. The van der Waals surface area contributed by atoms with Gasteiger partial charge in [0.2, 0.25) is 0 Å². The van der Waals surface area contributed by atoms with Crippen LogP contribution in [0.25, 0.3) is 44.5 Å². The van der Waals surface area contributed by atoms with Crippen LogP contribution in [0.3, 0.4) is 0 Å². The topological polar surface area (TPSA) is 3.24 Å². The molecule has 0 heterocycles. The molecule has 0 fully saturated rings. The van der Waals surface area contributed by atoms with Gasteiger partial charge in [0.15, 0.2) is 0 Å². The summed E-state index contributed by atoms with van der Waals surface area (Å²) < 4.78 is 0. The molecule has 0 aliphatic heterocycles. The maximum absolute atomic E-state index is 2.67. The average molecular weight is 964 g/mol. The molecule has 16 rings (SSSR count). The molecule has 12 aromatic rings. The highest BCUT2D eigenvalue weighted by atomic mass is 15.2. The Bertz CT molecular complexity index is 4140. The summed E-state index contributed by atoms with van der Waals surface area (Å²) in [6.45, 7) is 0. The lowest BCUT2D eigenvalue weighted by Gasteiger charge is -2.38. The van der Waals surface area contributed by atoms with Crippen LogP contribution in [0, 0.1) is 0 Å². The summed E-state index contributed by atoms with van der Waals surface area (Å²) in [4.78, 5) is 2.67. The third-order valence-electron chi connectivity index (χ3n) is 17.6. The van der Waals surface area contributed by atoms with Crippen LogP contribution in [0.2, 0.25) is 0 Å². The van der Waals surface area contributed by atoms with Crippen LogP contribution in [0.5, 0.6) is 0 Å². The van der Waals surface area contributed by atoms with Gasteiger partial charge in [-0.05, 0) is 124 Å². The first-order chi connectivity index (χ1) is 37.7. The minimum atomic E-state index is -0.605. The third-order valence-corrected chi connectivity index (χ3v) is 17.6. The van der Waals surface area contributed by atoms with Gasteiger partial charge in [0.1, 0.15) is 0 Å². The Kier molecular flexibility index (Phi) is 9.15. The summed E-state index contributed by atoms with van der Waals surface area (Å²) in [7, 11) is 0. The lowest BCUT2D eigenvalue weighted by molar-refractivity contribution is 0.767. The van der Waals surface area contributed by atoms with Gasteiger partial charge in [0.25, 0.3) is 0 Å². The van der Waals surface area contributed by atoms with Crippen molar-refractivity contribution in [3.8, 4) is 44.5 Å². The summed E-state index contributed by atoms with van der Waals surface area (Å²) in [6.07, 6.45) is 0. The molecule has 0 atom stereocenters. The maximum atomic E-state index is 2.67. The first-order valence-corrected chi connectivity index (χ1v) is 26.7. The van der Waals surface area contributed by atoms with Crippen LogP contribution in [-0.2, 0) is 16.2 Å². The molecule has 0 aromatic heterocycles. The molecule has 0 saturated heterocycles. The van der Waals surface area contributed by atoms with Gasteiger partial charge in [-0.15, -0.1) is 0 Å². The molecule has 354 valence electrons. The Morgan fingerprint density at radius 3 is 1.03 bits per heavy atom. The van der Waals surface area contributed by atoms with Crippen molar-refractivity contribution < 1.29 is 0 Å². The zero-order chi connectivity index (χ0) is 50.0. The van der Waals surface area contributed by atoms with E-state index in [2.05, 4.69) is 302 Å². The monoisotopic (exact) mass is 963 g/mol. The maximum Gasteiger partial charge on any atom is 0.0746 e. The number of rotatable bonds is 7. The Morgan fingerprint density at radius 2 is 0.539 bits per heavy atom. The Hall–Kier alpha value is -9.56. The highest BCUT2D eigenvalue weighted by Gasteiger charge is 2.54. The lowest BCUT2D eigenvalue weighted by atomic mass is 9.67. The fourth-order valence-electron chi connectivity index (χ4n) is 15.0. The molecule has 4 aliphatic rings. The molecule has 1 heteroatoms. The summed E-state index contributed by atoms with van der Waals surface area (Å²) in [5, 5.41) is 0. The van der Waals surface area contributed by atoms with E-state index in [0.717, 1.165) is 17.1 Å². The molecule has 1 spiro atoms. The van der Waals surface area contributed by atoms with Crippen molar-refractivity contribution in [2.75, 3.05) is 4.90 Å². The Balaban J connectivity index is 1.06. The summed E-state index contributed by atoms with van der Waals surface area (Å²) in [5.74, 6) is 0. The van der Waals surface area contributed by atoms with E-state index in [-0.39, 0.29) is 0 Å². The normalized spacial score (nSPS) is 14.6. The second kappa shape index (κ2) is 16.2. The number of nitrogens with zero attached hydrogens (tertiary/aromatic N) is 1. The van der Waals surface area contributed by atoms with Crippen molar-refractivity contribution in [1.82, 2.24) is 0 Å². The van der Waals surface area contributed by atoms with Gasteiger partial charge in [-0.25, -0.2) is 0 Å². The fourth-order valence-corrected chi connectivity index (χ4v) is 15.0. The van der Waals surface area contributed by atoms with Crippen molar-refractivity contribution in [3.05, 3.63) is 364 Å². The predicted molar refractivity (Wildman–Crippen MR) is 312 cm³/mol. The summed E-state index contributed by atoms with van der Waals surface area (Å²) >= 11 is 0. The van der Waals surface area contributed by atoms with Gasteiger partial charge in [-0.3, -0.25) is 0 Å². The molecule has 4 aliphatic carbocycles. The van der Waals surface area contributed by atoms with E-state index in [1.807, 2.05) is 0 Å². The van der Waals surface area contributed by atoms with Gasteiger partial charge >= 0.3 is 0 Å². The number of hydrogen-bond donors (Lipinski definition) is 0. The summed E-state index contributed by atoms with van der Waals surface area (Å²) in [5.41, 5.74) is 27.1. The molecule has 0 radical (unpaired) electrons. The number of anilines is 3. The minimum absolute atomic E-state index is 0.592. The van der Waals surface area contributed by atoms with E-state index >= 15 is 0 Å². The van der Waals surface area contributed by atoms with Gasteiger partial charge in [0.05, 0.1) is 27.6 Å². The molecular weight excluding hydrogens is 915 g/mol. The molecule has 0 bridgehead atoms. The highest BCUT2D eigenvalue weighted by molar-refractivity contribution is 6.03. The average Bonchev–Trinajstić information content (AvgIpc) is 4.19. The molecule has 0 unspecified atom stereocenters. The zero-order valence-electron chi connectivity index (χ0n) is 41.7. The van der Waals surface area contributed by atoms with E-state index in [1.165, 1.54) is 111 Å². The van der Waals surface area contributed by atoms with E-state index < -0.39 is 16.2 Å². The third kappa shape index (κ3) is 5.44. The standard InChI is InChI=1S/C75H49N/c1-5-25-50(26-6-1)73(51-27-7-2-8-28-51)66-43-22-17-37-61(66)71-67(73)44-24-45-69(71)76(54-47-48-59-57-35-13-18-39-62(57)74(68(59)49-54,52-29-9-3-10-30-52)53-31-11-4-12-32-53)70-46-23-38-60-58-36-16-21-42-65(58)75(72(60)70)63-40-19-14-33-55(63)56-34-15-20-41-64(56)75/h1-49H. The molecule has 0 saturated carbocycles. The Morgan fingerprint density at radius 1 is 0.211 bits per heavy atom. The predicted octanol–water partition coefficient (Wildman–Crippen LogP) is 18.2. The minimum Gasteiger partial charge on any atom is -0.309 e. The van der Waals surface area contributed by atoms with Gasteiger partial charge in [-0.1, -0.05) is 273 Å². The zero-order valence-corrected chi connectivity index (χ0v) is 41.7. The van der Waals surface area contributed by atoms with Gasteiger partial charge in [-0.2, -0.15) is 0 Å². The van der Waals surface area contributed by atoms with Crippen LogP contribution in [0.4, 0.5) is 17.1 Å². The number of benzene rings is 12. The van der Waals surface area contributed by atoms with Crippen molar-refractivity contribution >= 4 is 17.1 Å². The summed E-state index contributed by atoms with van der Waals surface area (Å²) in [6, 6.07) is 112. The molecule has 76 heavy (non-hydrogen) atoms. The van der Waals surface area contributed by atoms with Crippen LogP contribution >= 0.6 is 0 Å². The van der Waals surface area contributed by atoms with Crippen LogP contribution in [-0.4, -0.2) is 0 Å². The molecule has 0 amide bonds. The first kappa shape index (κ1) is 42.9. The first-order valence-electron chi connectivity index (χ1n) is 26.7. The second-order valence-corrected chi connectivity index (χ2v) is 20.9. The van der Waals surface area contributed by atoms with Crippen LogP contribution in [0.15, 0.2) is 297 Å². The van der Waals surface area contributed by atoms with Crippen LogP contribution < -0.4 is 4.90 Å².